The summed E-state index contributed by atoms with van der Waals surface area (Å²) < 4.78 is 5.36. The van der Waals surface area contributed by atoms with Crippen molar-refractivity contribution < 1.29 is 14.3 Å². The molecule has 5 heteroatoms. The Balaban J connectivity index is 2.19. The van der Waals surface area contributed by atoms with Crippen LogP contribution in [0.25, 0.3) is 0 Å². The van der Waals surface area contributed by atoms with E-state index in [2.05, 4.69) is 0 Å². The number of benzene rings is 1. The number of rotatable bonds is 1. The number of hydrogen-bond acceptors (Lipinski definition) is 4. The number of ketones is 2. The third-order valence-corrected chi connectivity index (χ3v) is 3.55. The van der Waals surface area contributed by atoms with Crippen molar-refractivity contribution in [3.8, 4) is 0 Å². The van der Waals surface area contributed by atoms with E-state index in [1.165, 1.54) is 6.07 Å². The summed E-state index contributed by atoms with van der Waals surface area (Å²) >= 11 is 5.83. The molecule has 1 aromatic carbocycles. The highest BCUT2D eigenvalue weighted by Crippen LogP contribution is 2.47. The summed E-state index contributed by atoms with van der Waals surface area (Å²) in [5.74, 6) is -0.338. The molecule has 1 fully saturated rings. The molecule has 2 unspecified atom stereocenters. The van der Waals surface area contributed by atoms with E-state index in [0.29, 0.717) is 16.1 Å². The molecule has 0 radical (unpaired) electrons. The number of Topliss-reactive ketones (excluding diaryl/α,β-unsaturated/α-hetero) is 2. The largest absolute Gasteiger partial charge is 0.333 e. The van der Waals surface area contributed by atoms with Crippen LogP contribution < -0.4 is 0 Å². The third-order valence-electron chi connectivity index (χ3n) is 3.32. The normalized spacial score (nSPS) is 30.2. The van der Waals surface area contributed by atoms with Gasteiger partial charge in [0.1, 0.15) is 0 Å². The number of carbonyl (C=O) groups is 2. The van der Waals surface area contributed by atoms with Crippen LogP contribution in [0.3, 0.4) is 0 Å². The van der Waals surface area contributed by atoms with E-state index >= 15 is 0 Å². The quantitative estimate of drug-likeness (QED) is 0.708. The molecule has 1 aromatic rings. The third kappa shape index (κ3) is 1.20. The first-order chi connectivity index (χ1) is 7.98. The Morgan fingerprint density at radius 3 is 2.65 bits per heavy atom. The minimum atomic E-state index is -1.09. The van der Waals surface area contributed by atoms with Gasteiger partial charge in [0.2, 0.25) is 11.5 Å². The lowest BCUT2D eigenvalue weighted by molar-refractivity contribution is 0.0653. The van der Waals surface area contributed by atoms with Crippen molar-refractivity contribution in [3.63, 3.8) is 0 Å². The molecule has 0 spiro atoms. The zero-order valence-electron chi connectivity index (χ0n) is 9.36. The predicted octanol–water partition coefficient (Wildman–Crippen LogP) is 1.38. The maximum absolute atomic E-state index is 12.3. The fourth-order valence-electron chi connectivity index (χ4n) is 2.34. The number of fused-ring (bicyclic) bond motifs is 2. The van der Waals surface area contributed by atoms with Gasteiger partial charge in [-0.15, -0.1) is 0 Å². The van der Waals surface area contributed by atoms with E-state index < -0.39 is 11.8 Å². The lowest BCUT2D eigenvalue weighted by Crippen LogP contribution is -2.47. The Morgan fingerprint density at radius 1 is 1.29 bits per heavy atom. The van der Waals surface area contributed by atoms with Crippen LogP contribution in [0.2, 0.25) is 5.02 Å². The lowest BCUT2D eigenvalue weighted by atomic mass is 9.86. The molecular formula is C12H10ClNO3. The second kappa shape index (κ2) is 3.16. The molecular weight excluding hydrogens is 242 g/mol. The van der Waals surface area contributed by atoms with Crippen molar-refractivity contribution in [2.24, 2.45) is 0 Å². The number of ether oxygens (including phenoxy) is 1. The number of hydrogen-bond donors (Lipinski definition) is 0. The topological polar surface area (TPSA) is 49.9 Å². The molecule has 3 rings (SSSR count). The predicted molar refractivity (Wildman–Crippen MR) is 61.4 cm³/mol. The molecule has 17 heavy (non-hydrogen) atoms. The minimum Gasteiger partial charge on any atom is -0.333 e. The number of halogens is 1. The molecule has 1 heterocycles. The highest BCUT2D eigenvalue weighted by Gasteiger charge is 2.70. The van der Waals surface area contributed by atoms with Crippen LogP contribution in [0.5, 0.6) is 0 Å². The van der Waals surface area contributed by atoms with E-state index in [-0.39, 0.29) is 11.6 Å². The van der Waals surface area contributed by atoms with Gasteiger partial charge >= 0.3 is 0 Å². The zero-order valence-corrected chi connectivity index (χ0v) is 10.1. The first kappa shape index (κ1) is 10.9. The minimum absolute atomic E-state index is 0.168. The van der Waals surface area contributed by atoms with Gasteiger partial charge < -0.3 is 4.74 Å². The van der Waals surface area contributed by atoms with E-state index in [1.807, 2.05) is 0 Å². The Kier molecular flexibility index (Phi) is 2.03. The van der Waals surface area contributed by atoms with E-state index in [1.54, 1.807) is 31.1 Å². The number of likely N-dealkylation sites (N-methyl/N-ethyl adjacent to an activating group) is 1. The number of nitrogens with zero attached hydrogens (tertiary/aromatic N) is 1. The second-order valence-electron chi connectivity index (χ2n) is 4.47. The average Bonchev–Trinajstić information content (AvgIpc) is 3.03. The van der Waals surface area contributed by atoms with Crippen molar-refractivity contribution >= 4 is 23.2 Å². The van der Waals surface area contributed by atoms with Gasteiger partial charge in [0.05, 0.1) is 0 Å². The fourth-order valence-corrected chi connectivity index (χ4v) is 2.52. The van der Waals surface area contributed by atoms with Gasteiger partial charge in [0, 0.05) is 16.1 Å². The van der Waals surface area contributed by atoms with Crippen molar-refractivity contribution in [1.29, 1.82) is 0 Å². The second-order valence-corrected chi connectivity index (χ2v) is 4.91. The molecule has 2 aliphatic rings. The molecule has 88 valence electrons. The SMILES string of the molecule is CN(C)C12OC1C(=O)c1cc(Cl)ccc1C2=O. The summed E-state index contributed by atoms with van der Waals surface area (Å²) in [6.45, 7) is 0. The lowest BCUT2D eigenvalue weighted by Gasteiger charge is -2.23. The summed E-state index contributed by atoms with van der Waals surface area (Å²) in [6.07, 6.45) is -0.684. The summed E-state index contributed by atoms with van der Waals surface area (Å²) in [5.41, 5.74) is -0.331. The Hall–Kier alpha value is -1.23. The smallest absolute Gasteiger partial charge is 0.220 e. The van der Waals surface area contributed by atoms with Crippen LogP contribution in [0.1, 0.15) is 20.7 Å². The van der Waals surface area contributed by atoms with Gasteiger partial charge in [-0.25, -0.2) is 0 Å². The van der Waals surface area contributed by atoms with Gasteiger partial charge in [-0.1, -0.05) is 11.6 Å². The number of epoxide rings is 1. The Morgan fingerprint density at radius 2 is 2.00 bits per heavy atom. The highest BCUT2D eigenvalue weighted by molar-refractivity contribution is 6.32. The van der Waals surface area contributed by atoms with Crippen molar-refractivity contribution in [2.45, 2.75) is 11.8 Å². The molecule has 0 amide bonds. The molecule has 0 aromatic heterocycles. The van der Waals surface area contributed by atoms with Crippen LogP contribution in [0.4, 0.5) is 0 Å². The standard InChI is InChI=1S/C12H10ClNO3/c1-14(2)12-10(16)7-4-3-6(13)5-8(7)9(15)11(12)17-12/h3-5,11H,1-2H3. The number of carbonyl (C=O) groups excluding carboxylic acids is 2. The maximum atomic E-state index is 12.3. The molecule has 0 saturated carbocycles. The summed E-state index contributed by atoms with van der Waals surface area (Å²) in [5, 5.41) is 0.447. The Bertz CT molecular complexity index is 555. The molecule has 0 bridgehead atoms. The molecule has 0 N–H and O–H groups in total. The van der Waals surface area contributed by atoms with Crippen molar-refractivity contribution in [2.75, 3.05) is 14.1 Å². The monoisotopic (exact) mass is 251 g/mol. The van der Waals surface area contributed by atoms with Gasteiger partial charge in [0.15, 0.2) is 11.9 Å². The molecule has 4 nitrogen and oxygen atoms in total. The summed E-state index contributed by atoms with van der Waals surface area (Å²) in [7, 11) is 3.46. The first-order valence-corrected chi connectivity index (χ1v) is 5.60. The van der Waals surface area contributed by atoms with Gasteiger partial charge in [0.25, 0.3) is 0 Å². The van der Waals surface area contributed by atoms with Crippen molar-refractivity contribution in [3.05, 3.63) is 34.3 Å². The van der Waals surface area contributed by atoms with Crippen LogP contribution in [0.15, 0.2) is 18.2 Å². The molecule has 2 atom stereocenters. The summed E-state index contributed by atoms with van der Waals surface area (Å²) in [6, 6.07) is 4.72. The van der Waals surface area contributed by atoms with Crippen molar-refractivity contribution in [1.82, 2.24) is 4.90 Å². The van der Waals surface area contributed by atoms with Crippen LogP contribution in [-0.2, 0) is 4.74 Å². The molecule has 1 aliphatic heterocycles. The summed E-state index contributed by atoms with van der Waals surface area (Å²) in [4.78, 5) is 26.1. The van der Waals surface area contributed by atoms with E-state index in [9.17, 15) is 9.59 Å². The molecule has 1 aliphatic carbocycles. The molecule has 1 saturated heterocycles. The maximum Gasteiger partial charge on any atom is 0.220 e. The zero-order chi connectivity index (χ0) is 12.4. The van der Waals surface area contributed by atoms with Crippen LogP contribution in [-0.4, -0.2) is 42.4 Å². The van der Waals surface area contributed by atoms with Crippen LogP contribution in [0, 0.1) is 0 Å². The van der Waals surface area contributed by atoms with Gasteiger partial charge in [-0.2, -0.15) is 0 Å². The highest BCUT2D eigenvalue weighted by atomic mass is 35.5. The van der Waals surface area contributed by atoms with E-state index in [0.717, 1.165) is 0 Å². The fraction of sp³-hybridized carbons (Fsp3) is 0.333. The Labute approximate surface area is 103 Å². The van der Waals surface area contributed by atoms with Crippen LogP contribution >= 0.6 is 11.6 Å². The van der Waals surface area contributed by atoms with Gasteiger partial charge in [-0.05, 0) is 32.3 Å². The average molecular weight is 252 g/mol. The first-order valence-electron chi connectivity index (χ1n) is 5.22. The van der Waals surface area contributed by atoms with E-state index in [4.69, 9.17) is 16.3 Å². The van der Waals surface area contributed by atoms with Gasteiger partial charge in [-0.3, -0.25) is 14.5 Å².